The van der Waals surface area contributed by atoms with E-state index in [9.17, 15) is 19.8 Å². The van der Waals surface area contributed by atoms with Crippen LogP contribution in [0, 0.1) is 0 Å². The maximum absolute atomic E-state index is 13.1. The number of benzene rings is 3. The average molecular weight is 567 g/mol. The third-order valence-electron chi connectivity index (χ3n) is 6.38. The second kappa shape index (κ2) is 11.0. The Bertz CT molecular complexity index is 1440. The van der Waals surface area contributed by atoms with Crippen molar-refractivity contribution >= 4 is 35.0 Å². The van der Waals surface area contributed by atoms with Crippen molar-refractivity contribution in [1.29, 1.82) is 0 Å². The van der Waals surface area contributed by atoms with Crippen LogP contribution in [-0.2, 0) is 24.6 Å². The summed E-state index contributed by atoms with van der Waals surface area (Å²) in [6.07, 6.45) is -1.18. The SMILES string of the molecule is CC(O)C(=O)OCCOCCNC(=S)Nc1ccc2c(c1)C1(OC2=O)c2ccc(O)cc2Oc2cc(O)ccc21. The van der Waals surface area contributed by atoms with Gasteiger partial charge in [0.15, 0.2) is 10.7 Å². The van der Waals surface area contributed by atoms with Gasteiger partial charge >= 0.3 is 11.9 Å². The highest BCUT2D eigenvalue weighted by Gasteiger charge is 2.53. The Morgan fingerprint density at radius 2 is 1.65 bits per heavy atom. The van der Waals surface area contributed by atoms with Crippen LogP contribution < -0.4 is 15.4 Å². The molecular weight excluding hydrogens is 540 g/mol. The molecule has 0 aromatic heterocycles. The molecule has 1 spiro atoms. The van der Waals surface area contributed by atoms with Crippen LogP contribution in [0.3, 0.4) is 0 Å². The van der Waals surface area contributed by atoms with Crippen LogP contribution in [0.2, 0.25) is 0 Å². The molecule has 2 aliphatic heterocycles. The summed E-state index contributed by atoms with van der Waals surface area (Å²) in [6, 6.07) is 14.2. The van der Waals surface area contributed by atoms with Gasteiger partial charge < -0.3 is 44.9 Å². The van der Waals surface area contributed by atoms with Crippen molar-refractivity contribution < 1.29 is 43.9 Å². The molecule has 208 valence electrons. The van der Waals surface area contributed by atoms with Crippen molar-refractivity contribution in [2.24, 2.45) is 0 Å². The van der Waals surface area contributed by atoms with E-state index in [1.807, 2.05) is 0 Å². The lowest BCUT2D eigenvalue weighted by molar-refractivity contribution is -0.154. The predicted molar refractivity (Wildman–Crippen MR) is 146 cm³/mol. The summed E-state index contributed by atoms with van der Waals surface area (Å²) < 4.78 is 22.2. The first-order valence-electron chi connectivity index (χ1n) is 12.4. The zero-order valence-electron chi connectivity index (χ0n) is 21.3. The minimum absolute atomic E-state index is 0.0284. The lowest BCUT2D eigenvalue weighted by Crippen LogP contribution is -2.33. The second-order valence-corrected chi connectivity index (χ2v) is 9.54. The minimum atomic E-state index is -1.38. The van der Waals surface area contributed by atoms with Crippen LogP contribution in [0.1, 0.15) is 34.0 Å². The summed E-state index contributed by atoms with van der Waals surface area (Å²) in [4.78, 5) is 24.3. The van der Waals surface area contributed by atoms with Gasteiger partial charge in [-0.15, -0.1) is 0 Å². The number of ether oxygens (including phenoxy) is 4. The zero-order valence-corrected chi connectivity index (χ0v) is 22.1. The number of carbonyl (C=O) groups is 2. The molecule has 1 unspecified atom stereocenters. The van der Waals surface area contributed by atoms with Crippen molar-refractivity contribution in [1.82, 2.24) is 5.32 Å². The van der Waals surface area contributed by atoms with Crippen LogP contribution in [-0.4, -0.2) is 64.8 Å². The molecule has 0 bridgehead atoms. The van der Waals surface area contributed by atoms with Crippen LogP contribution in [0.25, 0.3) is 0 Å². The normalized spacial score (nSPS) is 14.7. The molecule has 2 heterocycles. The quantitative estimate of drug-likeness (QED) is 0.155. The van der Waals surface area contributed by atoms with Crippen LogP contribution >= 0.6 is 12.2 Å². The Labute approximate surface area is 234 Å². The number of anilines is 1. The Morgan fingerprint density at radius 1 is 0.975 bits per heavy atom. The Morgan fingerprint density at radius 3 is 2.30 bits per heavy atom. The summed E-state index contributed by atoms with van der Waals surface area (Å²) in [6.45, 7) is 2.18. The van der Waals surface area contributed by atoms with Crippen molar-refractivity contribution in [3.63, 3.8) is 0 Å². The summed E-state index contributed by atoms with van der Waals surface area (Å²) >= 11 is 5.40. The number of carbonyl (C=O) groups excluding carboxylic acids is 2. The number of phenols is 2. The fourth-order valence-electron chi connectivity index (χ4n) is 4.61. The first-order valence-corrected chi connectivity index (χ1v) is 12.8. The molecule has 3 aromatic carbocycles. The van der Waals surface area contributed by atoms with Gasteiger partial charge in [0, 0.05) is 41.1 Å². The van der Waals surface area contributed by atoms with Gasteiger partial charge in [0.1, 0.15) is 35.7 Å². The second-order valence-electron chi connectivity index (χ2n) is 9.13. The van der Waals surface area contributed by atoms with E-state index in [4.69, 9.17) is 36.3 Å². The molecule has 5 rings (SSSR count). The number of nitrogens with one attached hydrogen (secondary N) is 2. The summed E-state index contributed by atoms with van der Waals surface area (Å²) in [5.41, 5.74) is 1.15. The highest BCUT2D eigenvalue weighted by molar-refractivity contribution is 7.80. The number of thiocarbonyl (C=S) groups is 1. The summed E-state index contributed by atoms with van der Waals surface area (Å²) in [7, 11) is 0. The van der Waals surface area contributed by atoms with E-state index in [2.05, 4.69) is 10.6 Å². The third-order valence-corrected chi connectivity index (χ3v) is 6.62. The average Bonchev–Trinajstić information content (AvgIpc) is 3.19. The largest absolute Gasteiger partial charge is 0.508 e. The molecule has 0 saturated heterocycles. The number of aromatic hydroxyl groups is 2. The van der Waals surface area contributed by atoms with E-state index in [0.717, 1.165) is 0 Å². The topological polar surface area (TPSA) is 156 Å². The van der Waals surface area contributed by atoms with Crippen molar-refractivity contribution in [2.75, 3.05) is 31.7 Å². The first kappa shape index (κ1) is 27.2. The standard InChI is InChI=1S/C28H26N2O9S/c1-15(31)25(34)37-11-10-36-9-8-29-27(40)30-16-2-5-19-22(12-16)28(39-26(19)35)20-6-3-17(32)13-23(20)38-24-14-18(33)4-7-21(24)28/h2-7,12-15,31-33H,8-11H2,1H3,(H2,29,30,40). The van der Waals surface area contributed by atoms with E-state index < -0.39 is 23.6 Å². The lowest BCUT2D eigenvalue weighted by Gasteiger charge is -2.36. The van der Waals surface area contributed by atoms with Gasteiger partial charge in [-0.05, 0) is 61.6 Å². The van der Waals surface area contributed by atoms with Gasteiger partial charge in [-0.1, -0.05) is 0 Å². The lowest BCUT2D eigenvalue weighted by atomic mass is 9.77. The molecule has 2 aliphatic rings. The number of phenolic OH excluding ortho intramolecular Hbond substituents is 2. The van der Waals surface area contributed by atoms with E-state index >= 15 is 0 Å². The minimum Gasteiger partial charge on any atom is -0.508 e. The molecule has 0 radical (unpaired) electrons. The molecule has 0 fully saturated rings. The van der Waals surface area contributed by atoms with Gasteiger partial charge in [-0.2, -0.15) is 0 Å². The maximum Gasteiger partial charge on any atom is 0.340 e. The van der Waals surface area contributed by atoms with E-state index in [0.29, 0.717) is 39.6 Å². The molecule has 40 heavy (non-hydrogen) atoms. The Hall–Kier alpha value is -4.39. The van der Waals surface area contributed by atoms with Crippen molar-refractivity contribution in [3.05, 3.63) is 76.9 Å². The smallest absolute Gasteiger partial charge is 0.340 e. The molecule has 5 N–H and O–H groups in total. The third kappa shape index (κ3) is 5.11. The van der Waals surface area contributed by atoms with Crippen LogP contribution in [0.5, 0.6) is 23.0 Å². The predicted octanol–water partition coefficient (Wildman–Crippen LogP) is 2.89. The number of aliphatic hydroxyl groups is 1. The fourth-order valence-corrected chi connectivity index (χ4v) is 4.83. The number of fused-ring (bicyclic) bond motifs is 6. The number of aliphatic hydroxyl groups excluding tert-OH is 1. The Kier molecular flexibility index (Phi) is 7.48. The number of esters is 2. The van der Waals surface area contributed by atoms with Crippen LogP contribution in [0.15, 0.2) is 54.6 Å². The van der Waals surface area contributed by atoms with Gasteiger partial charge in [-0.25, -0.2) is 9.59 Å². The fraction of sp³-hybridized carbons (Fsp3) is 0.250. The van der Waals surface area contributed by atoms with Gasteiger partial charge in [0.25, 0.3) is 0 Å². The highest BCUT2D eigenvalue weighted by atomic mass is 32.1. The van der Waals surface area contributed by atoms with E-state index in [1.165, 1.54) is 31.2 Å². The molecular formula is C28H26N2O9S. The molecule has 11 nitrogen and oxygen atoms in total. The van der Waals surface area contributed by atoms with E-state index in [1.54, 1.807) is 30.3 Å². The first-order chi connectivity index (χ1) is 19.2. The van der Waals surface area contributed by atoms with Gasteiger partial charge in [-0.3, -0.25) is 0 Å². The molecule has 3 aromatic rings. The van der Waals surface area contributed by atoms with E-state index in [-0.39, 0.29) is 42.8 Å². The number of hydrogen-bond donors (Lipinski definition) is 5. The summed E-state index contributed by atoms with van der Waals surface area (Å²) in [5.74, 6) is -0.722. The van der Waals surface area contributed by atoms with Gasteiger partial charge in [0.05, 0.1) is 18.8 Å². The zero-order chi connectivity index (χ0) is 28.4. The molecule has 0 saturated carbocycles. The number of hydrogen-bond acceptors (Lipinski definition) is 10. The molecule has 0 amide bonds. The highest BCUT2D eigenvalue weighted by Crippen LogP contribution is 2.57. The van der Waals surface area contributed by atoms with Gasteiger partial charge in [0.2, 0.25) is 0 Å². The monoisotopic (exact) mass is 566 g/mol. The molecule has 1 atom stereocenters. The van der Waals surface area contributed by atoms with Crippen molar-refractivity contribution in [3.8, 4) is 23.0 Å². The molecule has 12 heteroatoms. The maximum atomic E-state index is 13.1. The summed E-state index contributed by atoms with van der Waals surface area (Å²) in [5, 5.41) is 35.7. The Balaban J connectivity index is 1.32. The molecule has 0 aliphatic carbocycles. The van der Waals surface area contributed by atoms with Crippen molar-refractivity contribution in [2.45, 2.75) is 18.6 Å². The number of rotatable bonds is 8. The van der Waals surface area contributed by atoms with Crippen LogP contribution in [0.4, 0.5) is 5.69 Å².